The molecule has 0 spiro atoms. The molecule has 2 rings (SSSR count). The average Bonchev–Trinajstić information content (AvgIpc) is 2.46. The van der Waals surface area contributed by atoms with Crippen LogP contribution in [0.25, 0.3) is 0 Å². The van der Waals surface area contributed by atoms with E-state index in [0.29, 0.717) is 18.5 Å². The Balaban J connectivity index is 1.76. The highest BCUT2D eigenvalue weighted by Crippen LogP contribution is 2.37. The molecule has 3 heteroatoms. The third kappa shape index (κ3) is 3.53. The van der Waals surface area contributed by atoms with Gasteiger partial charge in [0.2, 0.25) is 0 Å². The molecule has 3 nitrogen and oxygen atoms in total. The zero-order valence-electron chi connectivity index (χ0n) is 12.9. The number of rotatable bonds is 7. The van der Waals surface area contributed by atoms with Crippen molar-refractivity contribution in [3.8, 4) is 5.75 Å². The topological polar surface area (TPSA) is 41.5 Å². The van der Waals surface area contributed by atoms with Crippen LogP contribution in [0, 0.1) is 0 Å². The molecule has 0 atom stereocenters. The highest BCUT2D eigenvalue weighted by molar-refractivity contribution is 5.30. The lowest BCUT2D eigenvalue weighted by molar-refractivity contribution is 0.0261. The number of nitrogens with one attached hydrogen (secondary N) is 1. The second-order valence-electron chi connectivity index (χ2n) is 5.95. The van der Waals surface area contributed by atoms with Crippen molar-refractivity contribution in [3.63, 3.8) is 0 Å². The van der Waals surface area contributed by atoms with E-state index in [4.69, 9.17) is 4.74 Å². The van der Waals surface area contributed by atoms with Crippen molar-refractivity contribution in [2.75, 3.05) is 13.7 Å². The lowest BCUT2D eigenvalue weighted by Gasteiger charge is -2.38. The first-order chi connectivity index (χ1) is 9.60. The minimum Gasteiger partial charge on any atom is -0.497 e. The fraction of sp³-hybridized carbons (Fsp3) is 0.647. The van der Waals surface area contributed by atoms with Crippen LogP contribution < -0.4 is 10.1 Å². The predicted octanol–water partition coefficient (Wildman–Crippen LogP) is 3.08. The normalized spacial score (nSPS) is 22.4. The molecule has 0 radical (unpaired) electrons. The van der Waals surface area contributed by atoms with Gasteiger partial charge in [0.25, 0.3) is 0 Å². The van der Waals surface area contributed by atoms with Gasteiger partial charge in [-0.2, -0.15) is 0 Å². The maximum atomic E-state index is 10.3. The Morgan fingerprint density at radius 2 is 1.80 bits per heavy atom. The maximum Gasteiger partial charge on any atom is 0.118 e. The van der Waals surface area contributed by atoms with E-state index in [-0.39, 0.29) is 0 Å². The van der Waals surface area contributed by atoms with E-state index in [1.165, 1.54) is 5.56 Å². The Morgan fingerprint density at radius 1 is 1.20 bits per heavy atom. The third-order valence-electron chi connectivity index (χ3n) is 4.76. The zero-order chi connectivity index (χ0) is 14.6. The predicted molar refractivity (Wildman–Crippen MR) is 82.3 cm³/mol. The van der Waals surface area contributed by atoms with Crippen LogP contribution in [0.4, 0.5) is 0 Å². The summed E-state index contributed by atoms with van der Waals surface area (Å²) >= 11 is 0. The molecule has 1 aromatic carbocycles. The van der Waals surface area contributed by atoms with E-state index in [2.05, 4.69) is 17.4 Å². The molecule has 0 unspecified atom stereocenters. The summed E-state index contributed by atoms with van der Waals surface area (Å²) in [6.45, 7) is 4.80. The molecule has 1 aliphatic rings. The van der Waals surface area contributed by atoms with Crippen molar-refractivity contribution < 1.29 is 9.84 Å². The Kier molecular flexibility index (Phi) is 5.06. The van der Waals surface area contributed by atoms with E-state index in [9.17, 15) is 5.11 Å². The van der Waals surface area contributed by atoms with Gasteiger partial charge in [0, 0.05) is 12.6 Å². The summed E-state index contributed by atoms with van der Waals surface area (Å²) in [4.78, 5) is 0. The molecule has 112 valence electrons. The van der Waals surface area contributed by atoms with E-state index < -0.39 is 5.60 Å². The lowest BCUT2D eigenvalue weighted by Crippen LogP contribution is -2.48. The van der Waals surface area contributed by atoms with Crippen LogP contribution in [0.2, 0.25) is 0 Å². The molecule has 0 amide bonds. The van der Waals surface area contributed by atoms with Gasteiger partial charge in [-0.25, -0.2) is 0 Å². The number of hydrogen-bond donors (Lipinski definition) is 2. The molecule has 20 heavy (non-hydrogen) atoms. The molecule has 0 aromatic heterocycles. The van der Waals surface area contributed by atoms with Gasteiger partial charge in [0.15, 0.2) is 0 Å². The van der Waals surface area contributed by atoms with Gasteiger partial charge in [0.1, 0.15) is 5.75 Å². The zero-order valence-corrected chi connectivity index (χ0v) is 12.9. The van der Waals surface area contributed by atoms with Crippen molar-refractivity contribution >= 4 is 0 Å². The second-order valence-corrected chi connectivity index (χ2v) is 5.95. The molecule has 1 aromatic rings. The van der Waals surface area contributed by atoms with Crippen molar-refractivity contribution in [2.45, 2.75) is 57.1 Å². The summed E-state index contributed by atoms with van der Waals surface area (Å²) in [7, 11) is 1.70. The van der Waals surface area contributed by atoms with Crippen molar-refractivity contribution in [1.82, 2.24) is 5.32 Å². The molecule has 0 bridgehead atoms. The first-order valence-corrected chi connectivity index (χ1v) is 7.70. The van der Waals surface area contributed by atoms with E-state index in [0.717, 1.165) is 31.4 Å². The largest absolute Gasteiger partial charge is 0.497 e. The summed E-state index contributed by atoms with van der Waals surface area (Å²) < 4.78 is 5.18. The number of methoxy groups -OCH3 is 1. The van der Waals surface area contributed by atoms with Crippen LogP contribution in [0.5, 0.6) is 5.75 Å². The minimum atomic E-state index is -0.537. The Labute approximate surface area is 122 Å². The van der Waals surface area contributed by atoms with Crippen molar-refractivity contribution in [2.24, 2.45) is 0 Å². The van der Waals surface area contributed by atoms with Crippen LogP contribution in [0.15, 0.2) is 24.3 Å². The summed E-state index contributed by atoms with van der Waals surface area (Å²) in [6.07, 6.45) is 3.95. The Morgan fingerprint density at radius 3 is 2.30 bits per heavy atom. The molecule has 1 fully saturated rings. The Bertz CT molecular complexity index is 406. The SMILES string of the molecule is CCC(O)(CC)CNC1CC(c2ccc(OC)cc2)C1. The van der Waals surface area contributed by atoms with Crippen LogP contribution in [-0.2, 0) is 0 Å². The molecular weight excluding hydrogens is 250 g/mol. The smallest absolute Gasteiger partial charge is 0.118 e. The lowest BCUT2D eigenvalue weighted by atomic mass is 9.75. The van der Waals surface area contributed by atoms with Crippen LogP contribution in [-0.4, -0.2) is 30.4 Å². The first kappa shape index (κ1) is 15.3. The highest BCUT2D eigenvalue weighted by Gasteiger charge is 2.32. The molecule has 2 N–H and O–H groups in total. The van der Waals surface area contributed by atoms with Gasteiger partial charge in [-0.05, 0) is 49.3 Å². The maximum absolute atomic E-state index is 10.3. The van der Waals surface area contributed by atoms with Crippen LogP contribution in [0.3, 0.4) is 0 Å². The monoisotopic (exact) mass is 277 g/mol. The average molecular weight is 277 g/mol. The fourth-order valence-corrected chi connectivity index (χ4v) is 2.77. The molecule has 1 aliphatic carbocycles. The molecule has 0 aliphatic heterocycles. The molecule has 0 saturated heterocycles. The summed E-state index contributed by atoms with van der Waals surface area (Å²) in [5.41, 5.74) is 0.857. The quantitative estimate of drug-likeness (QED) is 0.805. The Hall–Kier alpha value is -1.06. The summed E-state index contributed by atoms with van der Waals surface area (Å²) in [5.74, 6) is 1.56. The third-order valence-corrected chi connectivity index (χ3v) is 4.76. The second kappa shape index (κ2) is 6.59. The van der Waals surface area contributed by atoms with Gasteiger partial charge in [-0.3, -0.25) is 0 Å². The minimum absolute atomic E-state index is 0.537. The fourth-order valence-electron chi connectivity index (χ4n) is 2.77. The standard InChI is InChI=1S/C17H27NO2/c1-4-17(19,5-2)12-18-15-10-14(11-15)13-6-8-16(20-3)9-7-13/h6-9,14-15,18-19H,4-5,10-12H2,1-3H3. The van der Waals surface area contributed by atoms with Crippen LogP contribution >= 0.6 is 0 Å². The van der Waals surface area contributed by atoms with Gasteiger partial charge in [0.05, 0.1) is 12.7 Å². The molecule has 0 heterocycles. The number of aliphatic hydroxyl groups is 1. The van der Waals surface area contributed by atoms with Gasteiger partial charge in [-0.1, -0.05) is 26.0 Å². The van der Waals surface area contributed by atoms with E-state index in [1.807, 2.05) is 26.0 Å². The summed E-state index contributed by atoms with van der Waals surface area (Å²) in [5, 5.41) is 13.8. The number of hydrogen-bond acceptors (Lipinski definition) is 3. The first-order valence-electron chi connectivity index (χ1n) is 7.70. The van der Waals surface area contributed by atoms with Gasteiger partial charge in [-0.15, -0.1) is 0 Å². The van der Waals surface area contributed by atoms with Crippen molar-refractivity contribution in [1.29, 1.82) is 0 Å². The molecular formula is C17H27NO2. The number of benzene rings is 1. The van der Waals surface area contributed by atoms with Crippen LogP contribution in [0.1, 0.15) is 51.0 Å². The van der Waals surface area contributed by atoms with Gasteiger partial charge >= 0.3 is 0 Å². The van der Waals surface area contributed by atoms with E-state index >= 15 is 0 Å². The summed E-state index contributed by atoms with van der Waals surface area (Å²) in [6, 6.07) is 8.93. The highest BCUT2D eigenvalue weighted by atomic mass is 16.5. The number of ether oxygens (including phenoxy) is 1. The molecule has 1 saturated carbocycles. The van der Waals surface area contributed by atoms with E-state index in [1.54, 1.807) is 7.11 Å². The van der Waals surface area contributed by atoms with Gasteiger partial charge < -0.3 is 15.2 Å². The van der Waals surface area contributed by atoms with Crippen molar-refractivity contribution in [3.05, 3.63) is 29.8 Å².